The van der Waals surface area contributed by atoms with E-state index in [0.717, 1.165) is 13.1 Å². The molecule has 2 heterocycles. The van der Waals surface area contributed by atoms with Gasteiger partial charge < -0.3 is 9.80 Å². The van der Waals surface area contributed by atoms with Crippen LogP contribution in [0.2, 0.25) is 0 Å². The van der Waals surface area contributed by atoms with E-state index in [0.29, 0.717) is 12.6 Å². The normalized spacial score (nSPS) is 26.9. The Morgan fingerprint density at radius 1 is 1.25 bits per heavy atom. The molecule has 0 radical (unpaired) electrons. The van der Waals surface area contributed by atoms with Gasteiger partial charge in [0.15, 0.2) is 0 Å². The van der Waals surface area contributed by atoms with Crippen LogP contribution >= 0.6 is 0 Å². The zero-order chi connectivity index (χ0) is 11.5. The van der Waals surface area contributed by atoms with Gasteiger partial charge in [0.25, 0.3) is 0 Å². The van der Waals surface area contributed by atoms with Crippen molar-refractivity contribution in [3.05, 3.63) is 0 Å². The molecular weight excluding hydrogens is 202 g/mol. The molecule has 4 nitrogen and oxygen atoms in total. The number of hydrogen-bond acceptors (Lipinski definition) is 3. The van der Waals surface area contributed by atoms with Gasteiger partial charge in [-0.05, 0) is 46.4 Å². The minimum Gasteiger partial charge on any atom is -0.340 e. The molecule has 0 spiro atoms. The predicted octanol–water partition coefficient (Wildman–Crippen LogP) is 0.245. The van der Waals surface area contributed by atoms with Gasteiger partial charge in [-0.25, -0.2) is 0 Å². The van der Waals surface area contributed by atoms with E-state index in [1.165, 1.54) is 32.4 Å². The van der Waals surface area contributed by atoms with Crippen LogP contribution in [-0.4, -0.2) is 73.5 Å². The molecule has 0 saturated carbocycles. The second-order valence-corrected chi connectivity index (χ2v) is 5.26. The summed E-state index contributed by atoms with van der Waals surface area (Å²) >= 11 is 0. The molecule has 4 heteroatoms. The highest BCUT2D eigenvalue weighted by Gasteiger charge is 2.31. The first-order valence-corrected chi connectivity index (χ1v) is 6.33. The standard InChI is InChI=1S/C12H23N3O/c1-13(2)10-12(16)15-8-5-11(9-15)14-6-3-4-7-14/h11H,3-10H2,1-2H3. The summed E-state index contributed by atoms with van der Waals surface area (Å²) in [6, 6.07) is 0.633. The van der Waals surface area contributed by atoms with Gasteiger partial charge in [-0.1, -0.05) is 0 Å². The van der Waals surface area contributed by atoms with Crippen LogP contribution < -0.4 is 0 Å². The van der Waals surface area contributed by atoms with Gasteiger partial charge in [-0.2, -0.15) is 0 Å². The summed E-state index contributed by atoms with van der Waals surface area (Å²) in [5, 5.41) is 0. The zero-order valence-corrected chi connectivity index (χ0v) is 10.5. The maximum atomic E-state index is 11.9. The van der Waals surface area contributed by atoms with Gasteiger partial charge in [0.1, 0.15) is 0 Å². The number of rotatable bonds is 3. The van der Waals surface area contributed by atoms with Gasteiger partial charge in [-0.15, -0.1) is 0 Å². The minimum absolute atomic E-state index is 0.284. The topological polar surface area (TPSA) is 26.8 Å². The fourth-order valence-electron chi connectivity index (χ4n) is 2.74. The van der Waals surface area contributed by atoms with E-state index in [2.05, 4.69) is 4.90 Å². The number of carbonyl (C=O) groups excluding carboxylic acids is 1. The third-order valence-electron chi connectivity index (χ3n) is 3.62. The molecule has 2 saturated heterocycles. The van der Waals surface area contributed by atoms with Crippen molar-refractivity contribution >= 4 is 5.91 Å². The van der Waals surface area contributed by atoms with E-state index in [4.69, 9.17) is 0 Å². The van der Waals surface area contributed by atoms with E-state index < -0.39 is 0 Å². The molecule has 92 valence electrons. The minimum atomic E-state index is 0.284. The van der Waals surface area contributed by atoms with Crippen LogP contribution in [0.5, 0.6) is 0 Å². The third kappa shape index (κ3) is 2.74. The largest absolute Gasteiger partial charge is 0.340 e. The number of likely N-dealkylation sites (tertiary alicyclic amines) is 2. The Hall–Kier alpha value is -0.610. The molecule has 0 aliphatic carbocycles. The van der Waals surface area contributed by atoms with E-state index >= 15 is 0 Å². The Kier molecular flexibility index (Phi) is 3.82. The second kappa shape index (κ2) is 5.15. The molecule has 0 aromatic rings. The highest BCUT2D eigenvalue weighted by molar-refractivity contribution is 5.78. The first-order valence-electron chi connectivity index (χ1n) is 6.33. The molecular formula is C12H23N3O. The maximum Gasteiger partial charge on any atom is 0.236 e. The van der Waals surface area contributed by atoms with Crippen molar-refractivity contribution in [1.82, 2.24) is 14.7 Å². The quantitative estimate of drug-likeness (QED) is 0.688. The van der Waals surface area contributed by atoms with E-state index in [1.807, 2.05) is 23.9 Å². The number of likely N-dealkylation sites (N-methyl/N-ethyl adjacent to an activating group) is 1. The Balaban J connectivity index is 1.80. The van der Waals surface area contributed by atoms with Gasteiger partial charge in [0, 0.05) is 19.1 Å². The summed E-state index contributed by atoms with van der Waals surface area (Å²) in [5.41, 5.74) is 0. The SMILES string of the molecule is CN(C)CC(=O)N1CCC(N2CCCC2)C1. The third-order valence-corrected chi connectivity index (χ3v) is 3.62. The van der Waals surface area contributed by atoms with Crippen molar-refractivity contribution in [2.45, 2.75) is 25.3 Å². The molecule has 0 aromatic heterocycles. The van der Waals surface area contributed by atoms with Gasteiger partial charge >= 0.3 is 0 Å². The Bertz CT molecular complexity index is 249. The summed E-state index contributed by atoms with van der Waals surface area (Å²) in [7, 11) is 3.90. The summed E-state index contributed by atoms with van der Waals surface area (Å²) in [5.74, 6) is 0.284. The molecule has 2 aliphatic rings. The molecule has 0 aromatic carbocycles. The van der Waals surface area contributed by atoms with Gasteiger partial charge in [0.2, 0.25) is 5.91 Å². The molecule has 16 heavy (non-hydrogen) atoms. The average molecular weight is 225 g/mol. The lowest BCUT2D eigenvalue weighted by Crippen LogP contribution is -2.40. The maximum absolute atomic E-state index is 11.9. The fourth-order valence-corrected chi connectivity index (χ4v) is 2.74. The van der Waals surface area contributed by atoms with E-state index in [-0.39, 0.29) is 5.91 Å². The van der Waals surface area contributed by atoms with Gasteiger partial charge in [-0.3, -0.25) is 9.69 Å². The van der Waals surface area contributed by atoms with Crippen LogP contribution in [0.3, 0.4) is 0 Å². The molecule has 2 rings (SSSR count). The van der Waals surface area contributed by atoms with Crippen molar-refractivity contribution in [1.29, 1.82) is 0 Å². The van der Waals surface area contributed by atoms with Crippen molar-refractivity contribution in [3.63, 3.8) is 0 Å². The number of nitrogens with zero attached hydrogens (tertiary/aromatic N) is 3. The predicted molar refractivity (Wildman–Crippen MR) is 64.3 cm³/mol. The molecule has 1 amide bonds. The Morgan fingerprint density at radius 2 is 1.94 bits per heavy atom. The summed E-state index contributed by atoms with van der Waals surface area (Å²) in [6.45, 7) is 4.92. The first kappa shape index (κ1) is 11.9. The van der Waals surface area contributed by atoms with Crippen LogP contribution in [0.1, 0.15) is 19.3 Å². The van der Waals surface area contributed by atoms with E-state index in [1.54, 1.807) is 0 Å². The van der Waals surface area contributed by atoms with Crippen LogP contribution in [-0.2, 0) is 4.79 Å². The summed E-state index contributed by atoms with van der Waals surface area (Å²) < 4.78 is 0. The highest BCUT2D eigenvalue weighted by atomic mass is 16.2. The molecule has 0 bridgehead atoms. The van der Waals surface area contributed by atoms with Crippen LogP contribution in [0.25, 0.3) is 0 Å². The Morgan fingerprint density at radius 3 is 2.56 bits per heavy atom. The smallest absolute Gasteiger partial charge is 0.236 e. The highest BCUT2D eigenvalue weighted by Crippen LogP contribution is 2.20. The lowest BCUT2D eigenvalue weighted by atomic mass is 10.2. The molecule has 2 aliphatic heterocycles. The first-order chi connectivity index (χ1) is 7.66. The van der Waals surface area contributed by atoms with Gasteiger partial charge in [0.05, 0.1) is 6.54 Å². The molecule has 0 N–H and O–H groups in total. The number of carbonyl (C=O) groups is 1. The zero-order valence-electron chi connectivity index (χ0n) is 10.5. The van der Waals surface area contributed by atoms with Crippen molar-refractivity contribution in [2.24, 2.45) is 0 Å². The lowest BCUT2D eigenvalue weighted by molar-refractivity contribution is -0.130. The van der Waals surface area contributed by atoms with Crippen LogP contribution in [0, 0.1) is 0 Å². The van der Waals surface area contributed by atoms with E-state index in [9.17, 15) is 4.79 Å². The lowest BCUT2D eigenvalue weighted by Gasteiger charge is -2.24. The van der Waals surface area contributed by atoms with Crippen molar-refractivity contribution in [2.75, 3.05) is 46.8 Å². The number of amides is 1. The van der Waals surface area contributed by atoms with Crippen molar-refractivity contribution < 1.29 is 4.79 Å². The molecule has 2 fully saturated rings. The summed E-state index contributed by atoms with van der Waals surface area (Å²) in [6.07, 6.45) is 3.84. The summed E-state index contributed by atoms with van der Waals surface area (Å²) in [4.78, 5) is 18.4. The number of hydrogen-bond donors (Lipinski definition) is 0. The average Bonchev–Trinajstić information content (AvgIpc) is 2.87. The Labute approximate surface area is 98.2 Å². The van der Waals surface area contributed by atoms with Crippen LogP contribution in [0.15, 0.2) is 0 Å². The van der Waals surface area contributed by atoms with Crippen molar-refractivity contribution in [3.8, 4) is 0 Å². The van der Waals surface area contributed by atoms with Crippen LogP contribution in [0.4, 0.5) is 0 Å². The fraction of sp³-hybridized carbons (Fsp3) is 0.917. The molecule has 1 unspecified atom stereocenters. The second-order valence-electron chi connectivity index (χ2n) is 5.26. The monoisotopic (exact) mass is 225 g/mol. The molecule has 1 atom stereocenters.